The number of hydrogen-bond acceptors (Lipinski definition) is 7. The molecule has 0 aliphatic rings. The molecule has 2 N–H and O–H groups in total. The Labute approximate surface area is 113 Å². The molecule has 0 heterocycles. The van der Waals surface area contributed by atoms with E-state index in [2.05, 4.69) is 0 Å². The summed E-state index contributed by atoms with van der Waals surface area (Å²) in [5, 5.41) is 8.98. The van der Waals surface area contributed by atoms with Gasteiger partial charge in [-0.25, -0.2) is 0 Å². The number of nitrogens with one attached hydrogen (secondary N) is 1. The van der Waals surface area contributed by atoms with Gasteiger partial charge in [0.2, 0.25) is 5.75 Å². The summed E-state index contributed by atoms with van der Waals surface area (Å²) in [5.74, 6) is 0.524. The Morgan fingerprint density at radius 3 is 2.21 bits per heavy atom. The molecule has 8 heteroatoms. The molecule has 0 aromatic heterocycles. The Hall–Kier alpha value is -1.35. The Kier molecular flexibility index (Phi) is 5.55. The van der Waals surface area contributed by atoms with Crippen molar-refractivity contribution in [2.45, 2.75) is 17.9 Å². The highest BCUT2D eigenvalue weighted by molar-refractivity contribution is 7.79. The van der Waals surface area contributed by atoms with E-state index in [1.165, 1.54) is 27.4 Å². The number of hydroxylamine groups is 1. The minimum atomic E-state index is -2.56. The van der Waals surface area contributed by atoms with Crippen LogP contribution in [0.25, 0.3) is 0 Å². The Morgan fingerprint density at radius 2 is 1.84 bits per heavy atom. The first kappa shape index (κ1) is 15.7. The van der Waals surface area contributed by atoms with Crippen LogP contribution in [0.1, 0.15) is 18.5 Å². The van der Waals surface area contributed by atoms with Gasteiger partial charge < -0.3 is 24.0 Å². The third-order valence-corrected chi connectivity index (χ3v) is 3.39. The molecule has 0 saturated carbocycles. The van der Waals surface area contributed by atoms with Crippen molar-refractivity contribution in [2.24, 2.45) is 0 Å². The molecule has 0 fully saturated rings. The molecule has 0 spiro atoms. The topological polar surface area (TPSA) is 100 Å². The van der Waals surface area contributed by atoms with E-state index in [-0.39, 0.29) is 16.4 Å². The van der Waals surface area contributed by atoms with Gasteiger partial charge in [0, 0.05) is 0 Å². The van der Waals surface area contributed by atoms with E-state index >= 15 is 0 Å². The van der Waals surface area contributed by atoms with Crippen LogP contribution in [0, 0.1) is 0 Å². The molecule has 7 nitrogen and oxygen atoms in total. The van der Waals surface area contributed by atoms with Gasteiger partial charge in [-0.15, -0.1) is 0 Å². The molecule has 1 rings (SSSR count). The maximum absolute atomic E-state index is 11.4. The molecule has 19 heavy (non-hydrogen) atoms. The summed E-state index contributed by atoms with van der Waals surface area (Å²) in [6.45, 7) is 1.59. The average molecular weight is 290 g/mol. The molecule has 108 valence electrons. The third-order valence-electron chi connectivity index (χ3n) is 2.64. The number of rotatable bonds is 6. The van der Waals surface area contributed by atoms with E-state index in [9.17, 15) is 8.76 Å². The molecule has 0 saturated heterocycles. The monoisotopic (exact) mass is 290 g/mol. The van der Waals surface area contributed by atoms with Crippen molar-refractivity contribution in [2.75, 3.05) is 21.3 Å². The van der Waals surface area contributed by atoms with Crippen molar-refractivity contribution < 1.29 is 28.2 Å². The fourth-order valence-electron chi connectivity index (χ4n) is 1.71. The van der Waals surface area contributed by atoms with Crippen LogP contribution >= 0.6 is 0 Å². The van der Waals surface area contributed by atoms with Gasteiger partial charge in [0.05, 0.1) is 32.3 Å². The van der Waals surface area contributed by atoms with Crippen molar-refractivity contribution in [3.05, 3.63) is 11.6 Å². The van der Waals surface area contributed by atoms with Gasteiger partial charge in [0.15, 0.2) is 11.5 Å². The van der Waals surface area contributed by atoms with Crippen molar-refractivity contribution >= 4 is 11.1 Å². The van der Waals surface area contributed by atoms with E-state index in [0.717, 1.165) is 0 Å². The van der Waals surface area contributed by atoms with E-state index in [1.807, 2.05) is 5.48 Å². The van der Waals surface area contributed by atoms with Crippen LogP contribution in [0.4, 0.5) is 0 Å². The van der Waals surface area contributed by atoms with Crippen LogP contribution in [-0.2, 0) is 11.1 Å². The lowest BCUT2D eigenvalue weighted by Gasteiger charge is -2.23. The zero-order valence-electron chi connectivity index (χ0n) is 11.1. The first-order chi connectivity index (χ1) is 9.01. The average Bonchev–Trinajstić information content (AvgIpc) is 2.43. The van der Waals surface area contributed by atoms with Gasteiger partial charge in [0.25, 0.3) is 0 Å². The summed E-state index contributed by atoms with van der Waals surface area (Å²) in [4.78, 5) is -0.0887. The van der Waals surface area contributed by atoms with E-state index < -0.39 is 17.1 Å². The summed E-state index contributed by atoms with van der Waals surface area (Å²) in [6, 6.07) is 0.849. The number of methoxy groups -OCH3 is 3. The maximum Gasteiger partial charge on any atom is 0.204 e. The Morgan fingerprint density at radius 1 is 1.26 bits per heavy atom. The lowest BCUT2D eigenvalue weighted by atomic mass is 10.1. The van der Waals surface area contributed by atoms with Crippen LogP contribution in [0.2, 0.25) is 0 Å². The number of ether oxygens (including phenoxy) is 3. The third kappa shape index (κ3) is 2.98. The largest absolute Gasteiger partial charge is 0.768 e. The Balaban J connectivity index is 3.67. The molecular formula is C11H16NO6S-. The predicted octanol–water partition coefficient (Wildman–Crippen LogP) is 0.990. The second kappa shape index (κ2) is 6.71. The maximum atomic E-state index is 11.4. The second-order valence-electron chi connectivity index (χ2n) is 3.65. The summed E-state index contributed by atoms with van der Waals surface area (Å²) in [6.07, 6.45) is 0. The van der Waals surface area contributed by atoms with E-state index in [4.69, 9.17) is 19.4 Å². The van der Waals surface area contributed by atoms with Gasteiger partial charge in [0.1, 0.15) is 0 Å². The van der Waals surface area contributed by atoms with Crippen molar-refractivity contribution in [1.29, 1.82) is 0 Å². The predicted molar refractivity (Wildman–Crippen MR) is 66.6 cm³/mol. The zero-order chi connectivity index (χ0) is 14.6. The van der Waals surface area contributed by atoms with Gasteiger partial charge in [-0.3, -0.25) is 4.21 Å². The minimum absolute atomic E-state index is 0.0345. The summed E-state index contributed by atoms with van der Waals surface area (Å²) in [5.41, 5.74) is 2.30. The molecule has 0 bridgehead atoms. The fraction of sp³-hybridized carbons (Fsp3) is 0.455. The highest BCUT2D eigenvalue weighted by atomic mass is 32.2. The van der Waals surface area contributed by atoms with Gasteiger partial charge in [-0.05, 0) is 29.6 Å². The standard InChI is InChI=1S/C11H17NO6S/c1-6(12-13)7-5-8(16-2)9(17-3)10(18-4)11(7)19(14)15/h5-6,12-13H,1-4H3,(H,14,15)/p-1. The van der Waals surface area contributed by atoms with E-state index in [0.29, 0.717) is 11.3 Å². The smallest absolute Gasteiger partial charge is 0.204 e. The van der Waals surface area contributed by atoms with E-state index in [1.54, 1.807) is 6.92 Å². The molecule has 1 aromatic carbocycles. The second-order valence-corrected chi connectivity index (χ2v) is 4.53. The molecule has 0 radical (unpaired) electrons. The van der Waals surface area contributed by atoms with Crippen LogP contribution < -0.4 is 19.7 Å². The first-order valence-corrected chi connectivity index (χ1v) is 6.41. The zero-order valence-corrected chi connectivity index (χ0v) is 11.9. The molecule has 0 amide bonds. The lowest BCUT2D eigenvalue weighted by Crippen LogP contribution is -2.16. The quantitative estimate of drug-likeness (QED) is 0.595. The van der Waals surface area contributed by atoms with Gasteiger partial charge >= 0.3 is 0 Å². The van der Waals surface area contributed by atoms with Crippen LogP contribution in [0.5, 0.6) is 17.2 Å². The molecular weight excluding hydrogens is 274 g/mol. The van der Waals surface area contributed by atoms with Crippen LogP contribution in [0.3, 0.4) is 0 Å². The van der Waals surface area contributed by atoms with Crippen LogP contribution in [0.15, 0.2) is 11.0 Å². The fourth-order valence-corrected chi connectivity index (χ4v) is 2.47. The van der Waals surface area contributed by atoms with Gasteiger partial charge in [-0.2, -0.15) is 5.48 Å². The summed E-state index contributed by atoms with van der Waals surface area (Å²) < 4.78 is 38.2. The number of hydrogen-bond donors (Lipinski definition) is 2. The molecule has 1 aromatic rings. The minimum Gasteiger partial charge on any atom is -0.768 e. The highest BCUT2D eigenvalue weighted by Crippen LogP contribution is 2.44. The summed E-state index contributed by atoms with van der Waals surface area (Å²) in [7, 11) is 4.13. The lowest BCUT2D eigenvalue weighted by molar-refractivity contribution is 0.132. The first-order valence-electron chi connectivity index (χ1n) is 5.33. The van der Waals surface area contributed by atoms with Crippen LogP contribution in [-0.4, -0.2) is 35.3 Å². The van der Waals surface area contributed by atoms with Crippen molar-refractivity contribution in [3.63, 3.8) is 0 Å². The number of benzene rings is 1. The highest BCUT2D eigenvalue weighted by Gasteiger charge is 2.23. The van der Waals surface area contributed by atoms with Crippen molar-refractivity contribution in [1.82, 2.24) is 5.48 Å². The van der Waals surface area contributed by atoms with Gasteiger partial charge in [-0.1, -0.05) is 0 Å². The molecule has 2 atom stereocenters. The van der Waals surface area contributed by atoms with Crippen molar-refractivity contribution in [3.8, 4) is 17.2 Å². The molecule has 0 aliphatic carbocycles. The Bertz CT molecular complexity index is 479. The normalized spacial score (nSPS) is 13.8. The molecule has 0 aliphatic heterocycles. The molecule has 2 unspecified atom stereocenters. The summed E-state index contributed by atoms with van der Waals surface area (Å²) >= 11 is -2.56. The SMILES string of the molecule is COc1cc(C(C)NO)c(S(=O)[O-])c(OC)c1OC.